The predicted octanol–water partition coefficient (Wildman–Crippen LogP) is -0.883. The normalized spacial score (nSPS) is 1.00. The number of hydrogen-bond acceptors (Lipinski definition) is 1. The molecule has 0 bridgehead atoms. The van der Waals surface area contributed by atoms with E-state index >= 15 is 0 Å². The molecule has 0 spiro atoms. The van der Waals surface area contributed by atoms with E-state index in [4.69, 9.17) is 4.46 Å². The van der Waals surface area contributed by atoms with E-state index in [0.717, 1.165) is 0 Å². The molecule has 0 aliphatic carbocycles. The molecule has 0 aliphatic heterocycles. The third-order valence-electron chi connectivity index (χ3n) is 0. The summed E-state index contributed by atoms with van der Waals surface area (Å²) in [4.78, 5) is 0. The van der Waals surface area contributed by atoms with Crippen LogP contribution in [0.3, 0.4) is 0 Å². The molecular formula is AlHfOSi. The summed E-state index contributed by atoms with van der Waals surface area (Å²) in [6.07, 6.45) is 0. The molecular weight excluding hydrogens is 250 g/mol. The van der Waals surface area contributed by atoms with Crippen molar-refractivity contribution in [3.8, 4) is 0 Å². The molecule has 0 unspecified atom stereocenters. The van der Waals surface area contributed by atoms with Crippen LogP contribution in [0.25, 0.3) is 0 Å². The summed E-state index contributed by atoms with van der Waals surface area (Å²) in [6, 6.07) is 0. The summed E-state index contributed by atoms with van der Waals surface area (Å²) in [5.41, 5.74) is 0. The smallest absolute Gasteiger partial charge is 0.381 e. The van der Waals surface area contributed by atoms with Crippen molar-refractivity contribution in [2.24, 2.45) is 0 Å². The summed E-state index contributed by atoms with van der Waals surface area (Å²) < 4.78 is 8.06. The Hall–Kier alpha value is 1.42. The van der Waals surface area contributed by atoms with Gasteiger partial charge in [-0.2, -0.15) is 0 Å². The third-order valence-corrected chi connectivity index (χ3v) is 0. The molecule has 0 amide bonds. The van der Waals surface area contributed by atoms with Crippen molar-refractivity contribution >= 4 is 27.5 Å². The van der Waals surface area contributed by atoms with Gasteiger partial charge in [0.05, 0.1) is 0 Å². The summed E-state index contributed by atoms with van der Waals surface area (Å²) in [7, 11) is 1.72. The fraction of sp³-hybridized carbons (Fsp3) is 0. The fourth-order valence-electron chi connectivity index (χ4n) is 0. The first kappa shape index (κ1) is 18.1. The van der Waals surface area contributed by atoms with E-state index in [-0.39, 0.29) is 43.2 Å². The molecule has 5 radical (unpaired) electrons. The van der Waals surface area contributed by atoms with Crippen molar-refractivity contribution < 1.29 is 30.3 Å². The van der Waals surface area contributed by atoms with Gasteiger partial charge in [0.15, 0.2) is 0 Å². The van der Waals surface area contributed by atoms with Crippen LogP contribution in [0, 0.1) is 0 Å². The Morgan fingerprint density at radius 2 is 1.25 bits per heavy atom. The van der Waals surface area contributed by atoms with Crippen LogP contribution in [0.2, 0.25) is 0 Å². The molecule has 0 aromatic rings. The second-order valence-corrected chi connectivity index (χ2v) is 0. The first-order valence-corrected chi connectivity index (χ1v) is 0.612. The van der Waals surface area contributed by atoms with Gasteiger partial charge in [-0.05, 0) is 0 Å². The molecule has 4 heteroatoms. The zero-order valence-electron chi connectivity index (χ0n) is 1.99. The van der Waals surface area contributed by atoms with Gasteiger partial charge in [-0.1, -0.05) is 0 Å². The Balaban J connectivity index is -0.00000000500. The summed E-state index contributed by atoms with van der Waals surface area (Å²) in [5.74, 6) is 0. The third kappa shape index (κ3) is 9.93. The van der Waals surface area contributed by atoms with Gasteiger partial charge >= 0.3 is 10.1 Å². The van der Waals surface area contributed by atoms with Crippen LogP contribution in [0.15, 0.2) is 0 Å². The average Bonchev–Trinajstić information content (AvgIpc) is 1.00. The van der Waals surface area contributed by atoms with Crippen LogP contribution >= 0.6 is 0 Å². The second kappa shape index (κ2) is 25.6. The monoisotopic (exact) mass is 251 g/mol. The fourth-order valence-corrected chi connectivity index (χ4v) is 0. The molecule has 0 aromatic carbocycles. The number of hydrogen-bond donors (Lipinski definition) is 0. The number of rotatable bonds is 0. The Bertz CT molecular complexity index is 8.00. The molecule has 0 rings (SSSR count). The standard InChI is InChI=1S/Al.Hf.OSi/c;;1-2. The van der Waals surface area contributed by atoms with Crippen molar-refractivity contribution in [1.82, 2.24) is 0 Å². The maximum atomic E-state index is 8.06. The summed E-state index contributed by atoms with van der Waals surface area (Å²) >= 11 is 0. The van der Waals surface area contributed by atoms with E-state index in [1.54, 1.807) is 10.1 Å². The summed E-state index contributed by atoms with van der Waals surface area (Å²) in [6.45, 7) is 0. The zero-order valence-corrected chi connectivity index (χ0v) is 7.73. The summed E-state index contributed by atoms with van der Waals surface area (Å²) in [5, 5.41) is 0. The van der Waals surface area contributed by atoms with Crippen molar-refractivity contribution in [2.45, 2.75) is 0 Å². The van der Waals surface area contributed by atoms with Gasteiger partial charge in [-0.25, -0.2) is 0 Å². The molecule has 0 aliphatic rings. The Kier molecular flexibility index (Phi) is 116. The van der Waals surface area contributed by atoms with Gasteiger partial charge in [0.25, 0.3) is 0 Å². The van der Waals surface area contributed by atoms with Gasteiger partial charge in [-0.3, -0.25) is 0 Å². The first-order chi connectivity index (χ1) is 1.00. The van der Waals surface area contributed by atoms with E-state index in [1.165, 1.54) is 0 Å². The van der Waals surface area contributed by atoms with E-state index in [9.17, 15) is 0 Å². The van der Waals surface area contributed by atoms with Crippen molar-refractivity contribution in [1.29, 1.82) is 0 Å². The predicted molar refractivity (Wildman–Crippen MR) is 12.2 cm³/mol. The van der Waals surface area contributed by atoms with Gasteiger partial charge < -0.3 is 4.46 Å². The largest absolute Gasteiger partial charge is 0.381 e. The van der Waals surface area contributed by atoms with Crippen molar-refractivity contribution in [3.63, 3.8) is 0 Å². The first-order valence-electron chi connectivity index (χ1n) is 0.204. The molecule has 0 fully saturated rings. The topological polar surface area (TPSA) is 17.1 Å². The Labute approximate surface area is 57.6 Å². The molecule has 17 valence electrons. The van der Waals surface area contributed by atoms with Crippen LogP contribution in [0.5, 0.6) is 0 Å². The van der Waals surface area contributed by atoms with Gasteiger partial charge in [-0.15, -0.1) is 0 Å². The quantitative estimate of drug-likeness (QED) is 0.510. The minimum absolute atomic E-state index is 0. The van der Waals surface area contributed by atoms with Crippen LogP contribution in [-0.4, -0.2) is 27.5 Å². The van der Waals surface area contributed by atoms with E-state index < -0.39 is 0 Å². The average molecular weight is 250 g/mol. The molecule has 0 atom stereocenters. The van der Waals surface area contributed by atoms with Gasteiger partial charge in [0.1, 0.15) is 0 Å². The van der Waals surface area contributed by atoms with Crippen LogP contribution < -0.4 is 0 Å². The van der Waals surface area contributed by atoms with E-state index in [1.807, 2.05) is 0 Å². The maximum Gasteiger partial charge on any atom is 0.381 e. The molecule has 0 aromatic heterocycles. The molecule has 1 nitrogen and oxygen atoms in total. The molecule has 0 saturated heterocycles. The Morgan fingerprint density at radius 1 is 1.25 bits per heavy atom. The van der Waals surface area contributed by atoms with Crippen molar-refractivity contribution in [3.05, 3.63) is 0 Å². The molecule has 0 saturated carbocycles. The molecule has 4 heavy (non-hydrogen) atoms. The van der Waals surface area contributed by atoms with E-state index in [2.05, 4.69) is 0 Å². The Morgan fingerprint density at radius 3 is 1.25 bits per heavy atom. The minimum Gasteiger partial charge on any atom is -0.381 e. The minimum atomic E-state index is 0. The molecule has 0 N–H and O–H groups in total. The van der Waals surface area contributed by atoms with Crippen molar-refractivity contribution in [2.75, 3.05) is 0 Å². The van der Waals surface area contributed by atoms with E-state index in [0.29, 0.717) is 0 Å². The molecule has 0 heterocycles. The van der Waals surface area contributed by atoms with Gasteiger partial charge in [0.2, 0.25) is 0 Å². The zero-order chi connectivity index (χ0) is 2.00. The van der Waals surface area contributed by atoms with Crippen LogP contribution in [-0.2, 0) is 30.3 Å². The van der Waals surface area contributed by atoms with Crippen LogP contribution in [0.4, 0.5) is 0 Å². The second-order valence-electron chi connectivity index (χ2n) is 0. The van der Waals surface area contributed by atoms with Crippen LogP contribution in [0.1, 0.15) is 0 Å². The maximum absolute atomic E-state index is 8.06. The van der Waals surface area contributed by atoms with Gasteiger partial charge in [0, 0.05) is 43.2 Å². The SMILES string of the molecule is O=[Si].[Al].[Hf].